The summed E-state index contributed by atoms with van der Waals surface area (Å²) in [5.74, 6) is 0. The number of amides is 1. The summed E-state index contributed by atoms with van der Waals surface area (Å²) < 4.78 is 18.5. The Morgan fingerprint density at radius 3 is 2.44 bits per heavy atom. The molecule has 1 unspecified atom stereocenters. The Morgan fingerprint density at radius 1 is 1.33 bits per heavy atom. The molecule has 1 N–H and O–H groups in total. The van der Waals surface area contributed by atoms with Gasteiger partial charge in [0.1, 0.15) is 11.8 Å². The normalized spacial score (nSPS) is 31.9. The summed E-state index contributed by atoms with van der Waals surface area (Å²) >= 11 is 0. The monoisotopic (exact) mass is 258 g/mol. The second-order valence-corrected chi connectivity index (χ2v) is 6.26. The minimum absolute atomic E-state index is 0.0137. The lowest BCUT2D eigenvalue weighted by molar-refractivity contribution is -0.0180. The van der Waals surface area contributed by atoms with Crippen molar-refractivity contribution in [1.82, 2.24) is 10.2 Å². The van der Waals surface area contributed by atoms with E-state index in [1.165, 1.54) is 0 Å². The first-order valence-electron chi connectivity index (χ1n) is 6.73. The van der Waals surface area contributed by atoms with Gasteiger partial charge in [-0.3, -0.25) is 0 Å². The van der Waals surface area contributed by atoms with Gasteiger partial charge in [-0.15, -0.1) is 0 Å². The molecule has 0 aromatic heterocycles. The number of hydrogen-bond donors (Lipinski definition) is 1. The van der Waals surface area contributed by atoms with Crippen molar-refractivity contribution in [2.75, 3.05) is 13.1 Å². The zero-order valence-electron chi connectivity index (χ0n) is 11.4. The average molecular weight is 258 g/mol. The first-order valence-corrected chi connectivity index (χ1v) is 6.73. The molecule has 1 atom stereocenters. The Labute approximate surface area is 108 Å². The maximum atomic E-state index is 13.0. The van der Waals surface area contributed by atoms with Gasteiger partial charge in [0.25, 0.3) is 0 Å². The van der Waals surface area contributed by atoms with Gasteiger partial charge in [0, 0.05) is 18.6 Å². The molecular formula is C13H23FN2O2. The van der Waals surface area contributed by atoms with Crippen molar-refractivity contribution in [3.63, 3.8) is 0 Å². The fourth-order valence-corrected chi connectivity index (χ4v) is 2.54. The van der Waals surface area contributed by atoms with Gasteiger partial charge in [0.05, 0.1) is 0 Å². The van der Waals surface area contributed by atoms with Crippen LogP contribution in [0.3, 0.4) is 0 Å². The van der Waals surface area contributed by atoms with Crippen LogP contribution in [0.1, 0.15) is 40.0 Å². The summed E-state index contributed by atoms with van der Waals surface area (Å²) in [5.41, 5.74) is -0.500. The largest absolute Gasteiger partial charge is 0.444 e. The molecule has 1 saturated carbocycles. The SMILES string of the molecule is CC(C)(C)OC(=O)N(C1CCNC1)C1CC(F)C1. The number of hydrogen-bond acceptors (Lipinski definition) is 3. The van der Waals surface area contributed by atoms with Gasteiger partial charge in [-0.25, -0.2) is 9.18 Å². The summed E-state index contributed by atoms with van der Waals surface area (Å²) in [6.07, 6.45) is 0.778. The molecule has 4 nitrogen and oxygen atoms in total. The smallest absolute Gasteiger partial charge is 0.410 e. The predicted octanol–water partition coefficient (Wildman–Crippen LogP) is 2.09. The molecular weight excluding hydrogens is 235 g/mol. The lowest BCUT2D eigenvalue weighted by Gasteiger charge is -2.42. The minimum atomic E-state index is -0.755. The van der Waals surface area contributed by atoms with E-state index in [2.05, 4.69) is 5.32 Å². The van der Waals surface area contributed by atoms with E-state index >= 15 is 0 Å². The summed E-state index contributed by atoms with van der Waals surface area (Å²) in [6.45, 7) is 7.26. The van der Waals surface area contributed by atoms with Crippen molar-refractivity contribution in [2.24, 2.45) is 0 Å². The van der Waals surface area contributed by atoms with Crippen LogP contribution in [0.25, 0.3) is 0 Å². The second-order valence-electron chi connectivity index (χ2n) is 6.26. The third kappa shape index (κ3) is 3.13. The number of halogens is 1. The van der Waals surface area contributed by atoms with Crippen LogP contribution in [0, 0.1) is 0 Å². The van der Waals surface area contributed by atoms with Crippen LogP contribution in [0.2, 0.25) is 0 Å². The van der Waals surface area contributed by atoms with Gasteiger partial charge < -0.3 is 15.0 Å². The molecule has 5 heteroatoms. The highest BCUT2D eigenvalue weighted by atomic mass is 19.1. The topological polar surface area (TPSA) is 41.6 Å². The molecule has 0 spiro atoms. The zero-order valence-corrected chi connectivity index (χ0v) is 11.4. The maximum Gasteiger partial charge on any atom is 0.410 e. The molecule has 1 aliphatic carbocycles. The molecule has 1 aliphatic heterocycles. The van der Waals surface area contributed by atoms with E-state index in [4.69, 9.17) is 4.74 Å². The van der Waals surface area contributed by atoms with Gasteiger partial charge in [-0.1, -0.05) is 0 Å². The van der Waals surface area contributed by atoms with E-state index in [9.17, 15) is 9.18 Å². The minimum Gasteiger partial charge on any atom is -0.444 e. The lowest BCUT2D eigenvalue weighted by atomic mass is 9.88. The van der Waals surface area contributed by atoms with Crippen LogP contribution in [0.4, 0.5) is 9.18 Å². The van der Waals surface area contributed by atoms with E-state index < -0.39 is 11.8 Å². The molecule has 1 saturated heterocycles. The van der Waals surface area contributed by atoms with Crippen LogP contribution in [0.5, 0.6) is 0 Å². The number of carbonyl (C=O) groups excluding carboxylic acids is 1. The van der Waals surface area contributed by atoms with E-state index in [0.29, 0.717) is 12.8 Å². The number of nitrogens with one attached hydrogen (secondary N) is 1. The molecule has 1 heterocycles. The van der Waals surface area contributed by atoms with Crippen molar-refractivity contribution in [2.45, 2.75) is 63.9 Å². The molecule has 18 heavy (non-hydrogen) atoms. The lowest BCUT2D eigenvalue weighted by Crippen LogP contribution is -2.55. The number of carbonyl (C=O) groups is 1. The van der Waals surface area contributed by atoms with E-state index in [1.54, 1.807) is 4.90 Å². The first-order chi connectivity index (χ1) is 8.37. The summed E-state index contributed by atoms with van der Waals surface area (Å²) in [7, 11) is 0. The van der Waals surface area contributed by atoms with Crippen LogP contribution in [0.15, 0.2) is 0 Å². The van der Waals surface area contributed by atoms with Crippen LogP contribution in [-0.4, -0.2) is 47.9 Å². The molecule has 0 aromatic carbocycles. The molecule has 104 valence electrons. The number of ether oxygens (including phenoxy) is 1. The Bertz CT molecular complexity index is 305. The summed E-state index contributed by atoms with van der Waals surface area (Å²) in [5, 5.41) is 3.24. The van der Waals surface area contributed by atoms with Gasteiger partial charge in [0.2, 0.25) is 0 Å². The molecule has 0 aromatic rings. The molecule has 2 aliphatic rings. The molecule has 1 amide bonds. The molecule has 0 radical (unpaired) electrons. The second kappa shape index (κ2) is 5.03. The highest BCUT2D eigenvalue weighted by Gasteiger charge is 2.42. The number of nitrogens with zero attached hydrogens (tertiary/aromatic N) is 1. The number of rotatable bonds is 2. The van der Waals surface area contributed by atoms with Gasteiger partial charge in [-0.2, -0.15) is 0 Å². The van der Waals surface area contributed by atoms with Crippen molar-refractivity contribution < 1.29 is 13.9 Å². The Hall–Kier alpha value is -0.840. The van der Waals surface area contributed by atoms with E-state index in [1.807, 2.05) is 20.8 Å². The van der Waals surface area contributed by atoms with Crippen molar-refractivity contribution >= 4 is 6.09 Å². The zero-order chi connectivity index (χ0) is 13.3. The standard InChI is InChI=1S/C13H23FN2O2/c1-13(2,3)18-12(17)16(10-4-5-15-8-10)11-6-9(14)7-11/h9-11,15H,4-8H2,1-3H3. The predicted molar refractivity (Wildman–Crippen MR) is 67.3 cm³/mol. The van der Waals surface area contributed by atoms with Gasteiger partial charge in [0.15, 0.2) is 0 Å². The van der Waals surface area contributed by atoms with Crippen molar-refractivity contribution in [1.29, 1.82) is 0 Å². The summed E-state index contributed by atoms with van der Waals surface area (Å²) in [4.78, 5) is 14.0. The number of alkyl halides is 1. The summed E-state index contributed by atoms with van der Waals surface area (Å²) in [6, 6.07) is 0.164. The highest BCUT2D eigenvalue weighted by molar-refractivity contribution is 5.69. The van der Waals surface area contributed by atoms with Crippen molar-refractivity contribution in [3.8, 4) is 0 Å². The van der Waals surface area contributed by atoms with Gasteiger partial charge >= 0.3 is 6.09 Å². The highest BCUT2D eigenvalue weighted by Crippen LogP contribution is 2.32. The van der Waals surface area contributed by atoms with E-state index in [-0.39, 0.29) is 18.2 Å². The van der Waals surface area contributed by atoms with Crippen molar-refractivity contribution in [3.05, 3.63) is 0 Å². The van der Waals surface area contributed by atoms with Gasteiger partial charge in [-0.05, 0) is 46.6 Å². The maximum absolute atomic E-state index is 13.0. The third-order valence-electron chi connectivity index (χ3n) is 3.48. The van der Waals surface area contributed by atoms with E-state index in [0.717, 1.165) is 19.5 Å². The molecule has 2 fully saturated rings. The van der Waals surface area contributed by atoms with Crippen LogP contribution >= 0.6 is 0 Å². The fourth-order valence-electron chi connectivity index (χ4n) is 2.54. The Balaban J connectivity index is 2.01. The molecule has 2 rings (SSSR count). The average Bonchev–Trinajstić information content (AvgIpc) is 2.65. The van der Waals surface area contributed by atoms with Crippen LogP contribution in [-0.2, 0) is 4.74 Å². The Morgan fingerprint density at radius 2 is 2.00 bits per heavy atom. The fraction of sp³-hybridized carbons (Fsp3) is 0.923. The Kier molecular flexibility index (Phi) is 3.80. The first kappa shape index (κ1) is 13.6. The quantitative estimate of drug-likeness (QED) is 0.824. The molecule has 0 bridgehead atoms. The third-order valence-corrected chi connectivity index (χ3v) is 3.48. The van der Waals surface area contributed by atoms with Crippen LogP contribution < -0.4 is 5.32 Å².